The van der Waals surface area contributed by atoms with E-state index in [2.05, 4.69) is 20.8 Å². The van der Waals surface area contributed by atoms with Crippen LogP contribution in [-0.2, 0) is 9.59 Å². The molecule has 0 spiro atoms. The summed E-state index contributed by atoms with van der Waals surface area (Å²) in [5.41, 5.74) is 0.535. The van der Waals surface area contributed by atoms with Crippen molar-refractivity contribution in [3.8, 4) is 0 Å². The topological polar surface area (TPSA) is 74.6 Å². The Balaban J connectivity index is 1.77. The van der Waals surface area contributed by atoms with Crippen LogP contribution >= 0.6 is 0 Å². The van der Waals surface area contributed by atoms with Gasteiger partial charge in [-0.3, -0.25) is 9.59 Å². The molecule has 0 aliphatic heterocycles. The Morgan fingerprint density at radius 3 is 2.68 bits per heavy atom. The second kappa shape index (κ2) is 5.29. The minimum absolute atomic E-state index is 0.0414. The van der Waals surface area contributed by atoms with Gasteiger partial charge < -0.3 is 10.2 Å². The molecule has 8 atom stereocenters. The van der Waals surface area contributed by atoms with E-state index in [0.29, 0.717) is 30.6 Å². The molecule has 4 heteroatoms. The third kappa shape index (κ3) is 2.16. The van der Waals surface area contributed by atoms with E-state index in [4.69, 9.17) is 0 Å². The monoisotopic (exact) mass is 344 g/mol. The molecule has 136 valence electrons. The van der Waals surface area contributed by atoms with Crippen LogP contribution in [0.15, 0.2) is 23.8 Å². The summed E-state index contributed by atoms with van der Waals surface area (Å²) in [7, 11) is 0. The highest BCUT2D eigenvalue weighted by Crippen LogP contribution is 2.66. The number of hydrogen-bond donors (Lipinski definition) is 2. The lowest BCUT2D eigenvalue weighted by Crippen LogP contribution is -2.57. The van der Waals surface area contributed by atoms with Gasteiger partial charge in [-0.05, 0) is 61.0 Å². The van der Waals surface area contributed by atoms with Gasteiger partial charge in [0, 0.05) is 11.3 Å². The molecule has 0 saturated heterocycles. The van der Waals surface area contributed by atoms with Crippen LogP contribution in [-0.4, -0.2) is 28.1 Å². The number of aliphatic carboxylic acids is 1. The zero-order valence-electron chi connectivity index (χ0n) is 15.2. The average Bonchev–Trinajstić information content (AvgIpc) is 2.85. The third-order valence-electron chi connectivity index (χ3n) is 8.11. The van der Waals surface area contributed by atoms with Crippen molar-refractivity contribution in [2.75, 3.05) is 0 Å². The van der Waals surface area contributed by atoms with Gasteiger partial charge in [0.25, 0.3) is 0 Å². The van der Waals surface area contributed by atoms with Gasteiger partial charge in [-0.2, -0.15) is 0 Å². The number of fused-ring (bicyclic) bond motifs is 5. The molecule has 0 aromatic carbocycles. The predicted molar refractivity (Wildman–Crippen MR) is 93.7 cm³/mol. The van der Waals surface area contributed by atoms with Crippen LogP contribution in [0.2, 0.25) is 0 Å². The van der Waals surface area contributed by atoms with E-state index in [-0.39, 0.29) is 28.4 Å². The number of aliphatic hydroxyl groups excluding tert-OH is 1. The number of aliphatic hydroxyl groups is 1. The van der Waals surface area contributed by atoms with Gasteiger partial charge in [-0.1, -0.05) is 32.4 Å². The van der Waals surface area contributed by atoms with E-state index in [0.717, 1.165) is 18.4 Å². The van der Waals surface area contributed by atoms with E-state index in [1.807, 2.05) is 6.08 Å². The highest BCUT2D eigenvalue weighted by molar-refractivity contribution is 6.01. The molecule has 3 fully saturated rings. The Morgan fingerprint density at radius 2 is 2.00 bits per heavy atom. The van der Waals surface area contributed by atoms with Crippen molar-refractivity contribution in [3.63, 3.8) is 0 Å². The van der Waals surface area contributed by atoms with Crippen LogP contribution in [0.25, 0.3) is 0 Å². The Kier molecular flexibility index (Phi) is 3.60. The molecule has 0 amide bonds. The molecule has 0 unspecified atom stereocenters. The maximum atomic E-state index is 11.9. The van der Waals surface area contributed by atoms with Crippen molar-refractivity contribution in [1.82, 2.24) is 0 Å². The minimum atomic E-state index is -0.713. The second-order valence-corrected chi connectivity index (χ2v) is 9.30. The molecule has 2 N–H and O–H groups in total. The molecule has 4 aliphatic carbocycles. The summed E-state index contributed by atoms with van der Waals surface area (Å²) in [4.78, 5) is 23.7. The van der Waals surface area contributed by atoms with Crippen LogP contribution in [0.4, 0.5) is 0 Å². The fourth-order valence-corrected chi connectivity index (χ4v) is 7.16. The maximum absolute atomic E-state index is 11.9. The standard InChI is InChI=1S/C21H28O4/c1-11-8-13-14-4-5-15(19(24)25)21(14,3)10-17(23)18(13)20(2)7-6-12(22)9-16(11)20/h6-7,9,11,13-15,17-18,23H,4-5,8,10H2,1-3H3,(H,24,25)/t11-,13+,14+,15+,17+,18-,20+,21+/m1/s1. The number of allylic oxidation sites excluding steroid dienone is 4. The smallest absolute Gasteiger partial charge is 0.307 e. The first-order valence-electron chi connectivity index (χ1n) is 9.54. The highest BCUT2D eigenvalue weighted by atomic mass is 16.4. The molecule has 3 saturated carbocycles. The molecule has 4 aliphatic rings. The summed E-state index contributed by atoms with van der Waals surface area (Å²) in [5.74, 6) is -0.00346. The van der Waals surface area contributed by atoms with E-state index in [1.54, 1.807) is 12.2 Å². The van der Waals surface area contributed by atoms with Crippen molar-refractivity contribution in [1.29, 1.82) is 0 Å². The van der Waals surface area contributed by atoms with Crippen molar-refractivity contribution in [3.05, 3.63) is 23.8 Å². The van der Waals surface area contributed by atoms with Gasteiger partial charge in [0.2, 0.25) is 0 Å². The predicted octanol–water partition coefficient (Wildman–Crippen LogP) is 3.21. The van der Waals surface area contributed by atoms with Crippen LogP contribution in [0.3, 0.4) is 0 Å². The Hall–Kier alpha value is -1.42. The number of carbonyl (C=O) groups excluding carboxylic acids is 1. The lowest BCUT2D eigenvalue weighted by atomic mass is 9.45. The number of rotatable bonds is 1. The summed E-state index contributed by atoms with van der Waals surface area (Å²) in [6.07, 6.45) is 8.05. The SMILES string of the molecule is C[C@@H]1C[C@@H]2[C@H]([C@@H](O)C[C@]3(C)[C@H](C(=O)O)CC[C@@H]23)[C@@]2(C)C=CC(=O)C=C12. The number of ketones is 1. The van der Waals surface area contributed by atoms with Crippen molar-refractivity contribution < 1.29 is 19.8 Å². The first-order valence-corrected chi connectivity index (χ1v) is 9.54. The largest absolute Gasteiger partial charge is 0.481 e. The molecule has 4 nitrogen and oxygen atoms in total. The quantitative estimate of drug-likeness (QED) is 0.766. The number of carbonyl (C=O) groups is 2. The summed E-state index contributed by atoms with van der Waals surface area (Å²) in [5, 5.41) is 20.8. The molecule has 0 aromatic heterocycles. The lowest BCUT2D eigenvalue weighted by Gasteiger charge is -2.59. The number of carboxylic acids is 1. The van der Waals surface area contributed by atoms with Gasteiger partial charge in [0.05, 0.1) is 12.0 Å². The summed E-state index contributed by atoms with van der Waals surface area (Å²) in [6.45, 7) is 6.42. The molecule has 0 heterocycles. The first-order chi connectivity index (χ1) is 11.7. The highest BCUT2D eigenvalue weighted by Gasteiger charge is 2.63. The molecular formula is C21H28O4. The fraction of sp³-hybridized carbons (Fsp3) is 0.714. The van der Waals surface area contributed by atoms with Crippen LogP contribution < -0.4 is 0 Å². The van der Waals surface area contributed by atoms with Crippen molar-refractivity contribution >= 4 is 11.8 Å². The molecule has 4 rings (SSSR count). The lowest BCUT2D eigenvalue weighted by molar-refractivity contribution is -0.156. The Labute approximate surface area is 149 Å². The van der Waals surface area contributed by atoms with Crippen LogP contribution in [0, 0.1) is 40.4 Å². The molecule has 0 bridgehead atoms. The van der Waals surface area contributed by atoms with Gasteiger partial charge in [0.1, 0.15) is 0 Å². The number of hydrogen-bond acceptors (Lipinski definition) is 3. The first kappa shape index (κ1) is 17.0. The van der Waals surface area contributed by atoms with Crippen LogP contribution in [0.5, 0.6) is 0 Å². The normalized spacial score (nSPS) is 51.4. The van der Waals surface area contributed by atoms with Gasteiger partial charge in [-0.25, -0.2) is 0 Å². The summed E-state index contributed by atoms with van der Waals surface area (Å²) < 4.78 is 0. The Bertz CT molecular complexity index is 692. The zero-order chi connectivity index (χ0) is 18.1. The summed E-state index contributed by atoms with van der Waals surface area (Å²) in [6, 6.07) is 0. The van der Waals surface area contributed by atoms with E-state index < -0.39 is 12.1 Å². The van der Waals surface area contributed by atoms with Crippen LogP contribution in [0.1, 0.15) is 46.5 Å². The zero-order valence-corrected chi connectivity index (χ0v) is 15.2. The summed E-state index contributed by atoms with van der Waals surface area (Å²) >= 11 is 0. The van der Waals surface area contributed by atoms with Gasteiger partial charge in [-0.15, -0.1) is 0 Å². The molecule has 0 aromatic rings. The maximum Gasteiger partial charge on any atom is 0.307 e. The molecule has 25 heavy (non-hydrogen) atoms. The van der Waals surface area contributed by atoms with Crippen molar-refractivity contribution in [2.45, 2.75) is 52.6 Å². The van der Waals surface area contributed by atoms with E-state index in [9.17, 15) is 19.8 Å². The molecule has 0 radical (unpaired) electrons. The van der Waals surface area contributed by atoms with E-state index in [1.165, 1.54) is 0 Å². The van der Waals surface area contributed by atoms with Crippen molar-refractivity contribution in [2.24, 2.45) is 40.4 Å². The van der Waals surface area contributed by atoms with Gasteiger partial charge >= 0.3 is 5.97 Å². The Morgan fingerprint density at radius 1 is 1.28 bits per heavy atom. The van der Waals surface area contributed by atoms with E-state index >= 15 is 0 Å². The van der Waals surface area contributed by atoms with Gasteiger partial charge in [0.15, 0.2) is 5.78 Å². The second-order valence-electron chi connectivity index (χ2n) is 9.30. The molecular weight excluding hydrogens is 316 g/mol. The third-order valence-corrected chi connectivity index (χ3v) is 8.11. The fourth-order valence-electron chi connectivity index (χ4n) is 7.16. The minimum Gasteiger partial charge on any atom is -0.481 e. The number of carboxylic acid groups (broad SMARTS) is 1. The average molecular weight is 344 g/mol.